The number of aryl methyl sites for hydroxylation is 1. The zero-order valence-electron chi connectivity index (χ0n) is 15.5. The lowest BCUT2D eigenvalue weighted by atomic mass is 9.76. The van der Waals surface area contributed by atoms with Crippen LogP contribution in [0.25, 0.3) is 10.8 Å². The van der Waals surface area contributed by atoms with Crippen molar-refractivity contribution >= 4 is 28.1 Å². The van der Waals surface area contributed by atoms with Gasteiger partial charge < -0.3 is 5.11 Å². The number of fused-ring (bicyclic) bond motifs is 2. The average molecular weight is 385 g/mol. The van der Waals surface area contributed by atoms with E-state index in [9.17, 15) is 9.90 Å². The third-order valence-corrected chi connectivity index (χ3v) is 7.16. The molecule has 1 heterocycles. The van der Waals surface area contributed by atoms with Gasteiger partial charge in [-0.25, -0.2) is 9.78 Å². The number of aromatic carboxylic acids is 1. The van der Waals surface area contributed by atoms with Gasteiger partial charge in [-0.2, -0.15) is 0 Å². The molecule has 0 bridgehead atoms. The maximum Gasteiger partial charge on any atom is 0.347 e. The van der Waals surface area contributed by atoms with Crippen molar-refractivity contribution in [1.29, 1.82) is 0 Å². The highest BCUT2D eigenvalue weighted by atomic mass is 32.1. The third kappa shape index (κ3) is 2.49. The molecular weight excluding hydrogens is 366 g/mol. The first-order valence-electron chi connectivity index (χ1n) is 9.35. The van der Waals surface area contributed by atoms with E-state index in [-0.39, 0.29) is 5.41 Å². The molecule has 138 valence electrons. The van der Waals surface area contributed by atoms with Crippen molar-refractivity contribution in [2.75, 3.05) is 0 Å². The van der Waals surface area contributed by atoms with Gasteiger partial charge >= 0.3 is 5.97 Å². The van der Waals surface area contributed by atoms with Crippen molar-refractivity contribution in [1.82, 2.24) is 4.98 Å². The lowest BCUT2D eigenvalue weighted by Crippen LogP contribution is -2.28. The first-order valence-corrected chi connectivity index (χ1v) is 10.2. The molecule has 0 saturated carbocycles. The maximum absolute atomic E-state index is 11.7. The molecule has 1 aromatic heterocycles. The molecule has 4 heteroatoms. The molecule has 0 radical (unpaired) electrons. The van der Waals surface area contributed by atoms with Crippen LogP contribution in [0.3, 0.4) is 0 Å². The molecule has 0 amide bonds. The summed E-state index contributed by atoms with van der Waals surface area (Å²) in [5.74, 6) is -0.898. The maximum atomic E-state index is 11.7. The zero-order chi connectivity index (χ0) is 19.3. The molecule has 0 spiro atoms. The lowest BCUT2D eigenvalue weighted by Gasteiger charge is -2.29. The Bertz CT molecular complexity index is 1190. The first kappa shape index (κ1) is 17.1. The summed E-state index contributed by atoms with van der Waals surface area (Å²) in [7, 11) is 0. The van der Waals surface area contributed by atoms with Crippen LogP contribution in [-0.4, -0.2) is 16.1 Å². The van der Waals surface area contributed by atoms with Gasteiger partial charge in [-0.3, -0.25) is 0 Å². The Kier molecular flexibility index (Phi) is 3.84. The second-order valence-electron chi connectivity index (χ2n) is 7.47. The van der Waals surface area contributed by atoms with Gasteiger partial charge in [0.05, 0.1) is 11.1 Å². The summed E-state index contributed by atoms with van der Waals surface area (Å²) in [6.07, 6.45) is 1.67. The number of benzene rings is 3. The summed E-state index contributed by atoms with van der Waals surface area (Å²) in [5, 5.41) is 12.9. The van der Waals surface area contributed by atoms with Crippen LogP contribution in [-0.2, 0) is 18.3 Å². The number of hydrogen-bond acceptors (Lipinski definition) is 3. The molecule has 4 aromatic rings. The zero-order valence-corrected chi connectivity index (χ0v) is 16.3. The van der Waals surface area contributed by atoms with Crippen molar-refractivity contribution in [3.05, 3.63) is 99.0 Å². The Labute approximate surface area is 167 Å². The van der Waals surface area contributed by atoms with Gasteiger partial charge in [-0.15, -0.1) is 11.3 Å². The Hall–Kier alpha value is -2.98. The van der Waals surface area contributed by atoms with Gasteiger partial charge in [-0.05, 0) is 47.2 Å². The van der Waals surface area contributed by atoms with Gasteiger partial charge in [0.1, 0.15) is 9.88 Å². The summed E-state index contributed by atoms with van der Waals surface area (Å²) in [6.45, 7) is 1.79. The van der Waals surface area contributed by atoms with E-state index < -0.39 is 5.97 Å². The van der Waals surface area contributed by atoms with Crippen molar-refractivity contribution in [2.45, 2.75) is 25.2 Å². The predicted octanol–water partition coefficient (Wildman–Crippen LogP) is 5.39. The van der Waals surface area contributed by atoms with Gasteiger partial charge in [0.15, 0.2) is 0 Å². The van der Waals surface area contributed by atoms with Crippen molar-refractivity contribution in [2.24, 2.45) is 0 Å². The molecule has 0 aliphatic heterocycles. The highest BCUT2D eigenvalue weighted by Crippen LogP contribution is 2.48. The minimum atomic E-state index is -0.898. The van der Waals surface area contributed by atoms with Crippen molar-refractivity contribution < 1.29 is 9.90 Å². The molecule has 0 saturated heterocycles. The van der Waals surface area contributed by atoms with Crippen molar-refractivity contribution in [3.63, 3.8) is 0 Å². The first-order chi connectivity index (χ1) is 13.6. The number of rotatable bonds is 3. The van der Waals surface area contributed by atoms with Gasteiger partial charge in [0.2, 0.25) is 0 Å². The second kappa shape index (κ2) is 6.28. The number of hydrogen-bond donors (Lipinski definition) is 1. The SMILES string of the molecule is Cc1nc(C2(c3cccc4ccccc34)Cc3ccccc3C2)sc1C(=O)O. The predicted molar refractivity (Wildman–Crippen MR) is 112 cm³/mol. The fourth-order valence-corrected chi connectivity index (χ4v) is 5.62. The van der Waals surface area contributed by atoms with Crippen LogP contribution in [0.1, 0.15) is 37.1 Å². The minimum absolute atomic E-state index is 0.338. The standard InChI is InChI=1S/C24H19NO2S/c1-15-21(22(26)27)28-23(25-15)24(13-17-8-2-3-9-18(17)14-24)20-12-6-10-16-7-4-5-11-19(16)20/h2-12H,13-14H2,1H3,(H,26,27). The monoisotopic (exact) mass is 385 g/mol. The molecular formula is C24H19NO2S. The summed E-state index contributed by atoms with van der Waals surface area (Å²) in [5.41, 5.74) is 4.13. The van der Waals surface area contributed by atoms with Crippen LogP contribution < -0.4 is 0 Å². The van der Waals surface area contributed by atoms with Crippen LogP contribution in [0, 0.1) is 6.92 Å². The van der Waals surface area contributed by atoms with Crippen LogP contribution in [0.15, 0.2) is 66.7 Å². The molecule has 0 fully saturated rings. The fourth-order valence-electron chi connectivity index (χ4n) is 4.51. The average Bonchev–Trinajstić information content (AvgIpc) is 3.29. The third-order valence-electron chi connectivity index (χ3n) is 5.81. The molecule has 3 aromatic carbocycles. The summed E-state index contributed by atoms with van der Waals surface area (Å²) in [4.78, 5) is 16.8. The molecule has 28 heavy (non-hydrogen) atoms. The van der Waals surface area contributed by atoms with Gasteiger partial charge in [0.25, 0.3) is 0 Å². The minimum Gasteiger partial charge on any atom is -0.477 e. The number of thiazole rings is 1. The van der Waals surface area contributed by atoms with Crippen LogP contribution in [0.4, 0.5) is 0 Å². The molecule has 1 N–H and O–H groups in total. The number of nitrogens with zero attached hydrogens (tertiary/aromatic N) is 1. The highest BCUT2D eigenvalue weighted by molar-refractivity contribution is 7.13. The smallest absolute Gasteiger partial charge is 0.347 e. The van der Waals surface area contributed by atoms with E-state index in [2.05, 4.69) is 66.7 Å². The lowest BCUT2D eigenvalue weighted by molar-refractivity contribution is 0.0701. The van der Waals surface area contributed by atoms with E-state index in [1.807, 2.05) is 0 Å². The molecule has 5 rings (SSSR count). The number of carboxylic acids is 1. The van der Waals surface area contributed by atoms with Crippen LogP contribution in [0.2, 0.25) is 0 Å². The Morgan fingerprint density at radius 3 is 2.29 bits per heavy atom. The van der Waals surface area contributed by atoms with E-state index in [1.165, 1.54) is 38.8 Å². The molecule has 1 aliphatic carbocycles. The summed E-state index contributed by atoms with van der Waals surface area (Å²) >= 11 is 1.33. The van der Waals surface area contributed by atoms with E-state index in [4.69, 9.17) is 4.98 Å². The van der Waals surface area contributed by atoms with E-state index in [0.717, 1.165) is 17.8 Å². The Morgan fingerprint density at radius 2 is 1.61 bits per heavy atom. The quantitative estimate of drug-likeness (QED) is 0.514. The molecule has 1 aliphatic rings. The van der Waals surface area contributed by atoms with Crippen LogP contribution >= 0.6 is 11.3 Å². The normalized spacial score (nSPS) is 14.9. The number of aromatic nitrogens is 1. The van der Waals surface area contributed by atoms with Crippen molar-refractivity contribution in [3.8, 4) is 0 Å². The van der Waals surface area contributed by atoms with E-state index in [0.29, 0.717) is 10.6 Å². The largest absolute Gasteiger partial charge is 0.477 e. The van der Waals surface area contributed by atoms with E-state index in [1.54, 1.807) is 6.92 Å². The molecule has 0 unspecified atom stereocenters. The van der Waals surface area contributed by atoms with Crippen LogP contribution in [0.5, 0.6) is 0 Å². The Balaban J connectivity index is 1.80. The summed E-state index contributed by atoms with van der Waals surface area (Å²) < 4.78 is 0. The number of carbonyl (C=O) groups is 1. The number of carboxylic acid groups (broad SMARTS) is 1. The van der Waals surface area contributed by atoms with Gasteiger partial charge in [0, 0.05) is 0 Å². The fraction of sp³-hybridized carbons (Fsp3) is 0.167. The highest BCUT2D eigenvalue weighted by Gasteiger charge is 2.44. The molecule has 0 atom stereocenters. The Morgan fingerprint density at radius 1 is 0.964 bits per heavy atom. The summed E-state index contributed by atoms with van der Waals surface area (Å²) in [6, 6.07) is 23.3. The topological polar surface area (TPSA) is 50.2 Å². The van der Waals surface area contributed by atoms with E-state index >= 15 is 0 Å². The second-order valence-corrected chi connectivity index (χ2v) is 8.47. The van der Waals surface area contributed by atoms with Gasteiger partial charge in [-0.1, -0.05) is 66.7 Å². The molecule has 3 nitrogen and oxygen atoms in total.